The first-order chi connectivity index (χ1) is 14.5. The molecule has 0 aromatic heterocycles. The summed E-state index contributed by atoms with van der Waals surface area (Å²) in [6.07, 6.45) is 2.57. The van der Waals surface area contributed by atoms with Crippen molar-refractivity contribution in [2.75, 3.05) is 43.1 Å². The monoisotopic (exact) mass is 465 g/mol. The summed E-state index contributed by atoms with van der Waals surface area (Å²) in [5.41, 5.74) is 1.48. The Balaban J connectivity index is 1.63. The normalized spacial score (nSPS) is 15.0. The summed E-state index contributed by atoms with van der Waals surface area (Å²) in [7, 11) is 0. The second kappa shape index (κ2) is 10.9. The molecule has 2 aromatic rings. The fraction of sp³-hybridized carbons (Fsp3) is 0.364. The minimum Gasteiger partial charge on any atom is -0.368 e. The van der Waals surface area contributed by atoms with Crippen molar-refractivity contribution < 1.29 is 9.59 Å². The predicted octanol–water partition coefficient (Wildman–Crippen LogP) is 4.19. The first kappa shape index (κ1) is 22.8. The van der Waals surface area contributed by atoms with E-state index in [1.165, 1.54) is 0 Å². The first-order valence-electron chi connectivity index (χ1n) is 9.83. The van der Waals surface area contributed by atoms with Gasteiger partial charge in [0.15, 0.2) is 0 Å². The molecule has 1 aliphatic heterocycles. The Bertz CT molecular complexity index is 871. The number of thioether (sulfide) groups is 1. The molecule has 0 aliphatic carbocycles. The number of nitrogens with zero attached hydrogens (tertiary/aromatic N) is 2. The van der Waals surface area contributed by atoms with Crippen LogP contribution in [0.25, 0.3) is 0 Å². The van der Waals surface area contributed by atoms with Crippen molar-refractivity contribution in [1.29, 1.82) is 0 Å². The number of nitrogens with one attached hydrogen (secondary N) is 1. The fourth-order valence-corrected chi connectivity index (χ4v) is 4.25. The minimum atomic E-state index is -0.566. The number of hydrogen-bond donors (Lipinski definition) is 1. The minimum absolute atomic E-state index is 0.0415. The van der Waals surface area contributed by atoms with Crippen LogP contribution in [-0.2, 0) is 4.79 Å². The van der Waals surface area contributed by atoms with E-state index in [2.05, 4.69) is 10.2 Å². The number of amides is 2. The highest BCUT2D eigenvalue weighted by Gasteiger charge is 2.29. The van der Waals surface area contributed by atoms with Crippen LogP contribution >= 0.6 is 35.0 Å². The largest absolute Gasteiger partial charge is 0.368 e. The van der Waals surface area contributed by atoms with Crippen LogP contribution in [-0.4, -0.2) is 60.9 Å². The van der Waals surface area contributed by atoms with Crippen LogP contribution in [0.4, 0.5) is 5.69 Å². The molecule has 160 valence electrons. The maximum Gasteiger partial charge on any atom is 0.253 e. The molecule has 3 rings (SSSR count). The lowest BCUT2D eigenvalue weighted by Crippen LogP contribution is -2.55. The van der Waals surface area contributed by atoms with Crippen LogP contribution in [0, 0.1) is 0 Å². The van der Waals surface area contributed by atoms with Crippen LogP contribution in [0.1, 0.15) is 16.8 Å². The summed E-state index contributed by atoms with van der Waals surface area (Å²) < 4.78 is 0. The van der Waals surface area contributed by atoms with Crippen molar-refractivity contribution >= 4 is 52.5 Å². The summed E-state index contributed by atoms with van der Waals surface area (Å²) in [4.78, 5) is 29.9. The molecule has 1 saturated heterocycles. The maximum atomic E-state index is 13.2. The van der Waals surface area contributed by atoms with Crippen molar-refractivity contribution in [2.45, 2.75) is 12.5 Å². The van der Waals surface area contributed by atoms with Crippen molar-refractivity contribution in [3.63, 3.8) is 0 Å². The Hall–Kier alpha value is -1.89. The van der Waals surface area contributed by atoms with Crippen LogP contribution in [0.3, 0.4) is 0 Å². The van der Waals surface area contributed by atoms with E-state index >= 15 is 0 Å². The zero-order valence-corrected chi connectivity index (χ0v) is 19.1. The predicted molar refractivity (Wildman–Crippen MR) is 126 cm³/mol. The highest BCUT2D eigenvalue weighted by atomic mass is 35.5. The van der Waals surface area contributed by atoms with E-state index in [1.807, 2.05) is 35.4 Å². The van der Waals surface area contributed by atoms with Crippen LogP contribution < -0.4 is 10.2 Å². The third kappa shape index (κ3) is 5.84. The van der Waals surface area contributed by atoms with Crippen molar-refractivity contribution in [3.05, 3.63) is 64.1 Å². The Kier molecular flexibility index (Phi) is 8.31. The molecule has 1 aliphatic rings. The van der Waals surface area contributed by atoms with Gasteiger partial charge in [0, 0.05) is 36.9 Å². The molecule has 1 atom stereocenters. The quantitative estimate of drug-likeness (QED) is 0.665. The topological polar surface area (TPSA) is 52.7 Å². The van der Waals surface area contributed by atoms with Gasteiger partial charge >= 0.3 is 0 Å². The zero-order valence-electron chi connectivity index (χ0n) is 16.8. The van der Waals surface area contributed by atoms with Gasteiger partial charge < -0.3 is 15.1 Å². The first-order valence-corrected chi connectivity index (χ1v) is 12.0. The Labute approximate surface area is 191 Å². The fourth-order valence-electron chi connectivity index (χ4n) is 3.43. The Morgan fingerprint density at radius 1 is 1.03 bits per heavy atom. The highest BCUT2D eigenvalue weighted by Crippen LogP contribution is 2.20. The second-order valence-electron chi connectivity index (χ2n) is 7.08. The van der Waals surface area contributed by atoms with Gasteiger partial charge in [-0.2, -0.15) is 11.8 Å². The molecular formula is C22H25Cl2N3O2S. The third-order valence-corrected chi connectivity index (χ3v) is 6.34. The smallest absolute Gasteiger partial charge is 0.253 e. The molecule has 5 nitrogen and oxygen atoms in total. The van der Waals surface area contributed by atoms with Crippen molar-refractivity contribution in [2.24, 2.45) is 0 Å². The van der Waals surface area contributed by atoms with E-state index in [0.717, 1.165) is 24.5 Å². The second-order valence-corrected chi connectivity index (χ2v) is 8.91. The van der Waals surface area contributed by atoms with Gasteiger partial charge in [-0.05, 0) is 54.8 Å². The number of rotatable bonds is 7. The van der Waals surface area contributed by atoms with Crippen LogP contribution in [0.15, 0.2) is 48.5 Å². The molecule has 8 heteroatoms. The lowest BCUT2D eigenvalue weighted by molar-refractivity contribution is -0.133. The van der Waals surface area contributed by atoms with Gasteiger partial charge in [-0.3, -0.25) is 9.59 Å². The van der Waals surface area contributed by atoms with Crippen LogP contribution in [0.2, 0.25) is 10.0 Å². The third-order valence-electron chi connectivity index (χ3n) is 5.12. The number of carbonyl (C=O) groups is 2. The van der Waals surface area contributed by atoms with Crippen molar-refractivity contribution in [3.8, 4) is 0 Å². The number of hydrogen-bond acceptors (Lipinski definition) is 4. The molecule has 1 fully saturated rings. The highest BCUT2D eigenvalue weighted by molar-refractivity contribution is 7.98. The summed E-state index contributed by atoms with van der Waals surface area (Å²) >= 11 is 13.8. The molecule has 2 aromatic carbocycles. The van der Waals surface area contributed by atoms with E-state index in [1.54, 1.807) is 36.0 Å². The SMILES string of the molecule is CSCCC(NC(=O)c1ccccc1Cl)C(=O)N1CCN(c2ccc(Cl)cc2)CC1. The molecule has 2 amide bonds. The number of carbonyl (C=O) groups excluding carboxylic acids is 2. The van der Waals surface area contributed by atoms with E-state index < -0.39 is 6.04 Å². The summed E-state index contributed by atoms with van der Waals surface area (Å²) in [6, 6.07) is 14.0. The van der Waals surface area contributed by atoms with Gasteiger partial charge in [0.05, 0.1) is 10.6 Å². The van der Waals surface area contributed by atoms with Gasteiger partial charge in [0.1, 0.15) is 6.04 Å². The molecule has 30 heavy (non-hydrogen) atoms. The number of benzene rings is 2. The standard InChI is InChI=1S/C22H25Cl2N3O2S/c1-30-15-10-20(25-21(28)18-4-2-3-5-19(18)24)22(29)27-13-11-26(12-14-27)17-8-6-16(23)7-9-17/h2-9,20H,10-15H2,1H3,(H,25,28). The van der Waals surface area contributed by atoms with E-state index in [4.69, 9.17) is 23.2 Å². The average Bonchev–Trinajstić information content (AvgIpc) is 2.77. The molecular weight excluding hydrogens is 441 g/mol. The zero-order chi connectivity index (χ0) is 21.5. The molecule has 0 spiro atoms. The van der Waals surface area contributed by atoms with E-state index in [0.29, 0.717) is 35.1 Å². The van der Waals surface area contributed by atoms with E-state index in [-0.39, 0.29) is 11.8 Å². The van der Waals surface area contributed by atoms with Crippen LogP contribution in [0.5, 0.6) is 0 Å². The summed E-state index contributed by atoms with van der Waals surface area (Å²) in [5, 5.41) is 3.98. The number of piperazine rings is 1. The number of halogens is 2. The maximum absolute atomic E-state index is 13.2. The Morgan fingerprint density at radius 2 is 1.70 bits per heavy atom. The summed E-state index contributed by atoms with van der Waals surface area (Å²) in [5.74, 6) is 0.421. The summed E-state index contributed by atoms with van der Waals surface area (Å²) in [6.45, 7) is 2.69. The van der Waals surface area contributed by atoms with Gasteiger partial charge in [0.25, 0.3) is 5.91 Å². The van der Waals surface area contributed by atoms with Gasteiger partial charge in [0.2, 0.25) is 5.91 Å². The molecule has 0 saturated carbocycles. The Morgan fingerprint density at radius 3 is 2.33 bits per heavy atom. The lowest BCUT2D eigenvalue weighted by Gasteiger charge is -2.37. The molecule has 1 N–H and O–H groups in total. The van der Waals surface area contributed by atoms with Gasteiger partial charge in [-0.15, -0.1) is 0 Å². The lowest BCUT2D eigenvalue weighted by atomic mass is 10.1. The van der Waals surface area contributed by atoms with E-state index in [9.17, 15) is 9.59 Å². The van der Waals surface area contributed by atoms with Crippen molar-refractivity contribution in [1.82, 2.24) is 10.2 Å². The molecule has 0 bridgehead atoms. The average molecular weight is 466 g/mol. The number of anilines is 1. The molecule has 1 unspecified atom stereocenters. The van der Waals surface area contributed by atoms with Gasteiger partial charge in [-0.1, -0.05) is 35.3 Å². The molecule has 1 heterocycles. The molecule has 0 radical (unpaired) electrons. The van der Waals surface area contributed by atoms with Gasteiger partial charge in [-0.25, -0.2) is 0 Å².